The van der Waals surface area contributed by atoms with Crippen molar-refractivity contribution < 1.29 is 31.1 Å². The molecule has 1 aliphatic heterocycles. The first-order chi connectivity index (χ1) is 13.7. The number of hydrogen-bond donors (Lipinski definition) is 1. The van der Waals surface area contributed by atoms with E-state index in [1.54, 1.807) is 7.11 Å². The van der Waals surface area contributed by atoms with Gasteiger partial charge in [0, 0.05) is 24.8 Å². The molecule has 0 atom stereocenters. The van der Waals surface area contributed by atoms with Crippen molar-refractivity contribution in [3.8, 4) is 11.5 Å². The van der Waals surface area contributed by atoms with E-state index in [9.17, 15) is 21.6 Å². The summed E-state index contributed by atoms with van der Waals surface area (Å²) in [6.45, 7) is 1.36. The monoisotopic (exact) mass is 430 g/mol. The number of benzene rings is 2. The summed E-state index contributed by atoms with van der Waals surface area (Å²) in [5.41, 5.74) is 1.03. The van der Waals surface area contributed by atoms with Gasteiger partial charge in [0.25, 0.3) is 0 Å². The van der Waals surface area contributed by atoms with Crippen LogP contribution in [0.2, 0.25) is 0 Å². The van der Waals surface area contributed by atoms with Crippen LogP contribution >= 0.6 is 0 Å². The number of halogens is 3. The third kappa shape index (κ3) is 5.77. The molecule has 3 rings (SSSR count). The second kappa shape index (κ2) is 8.50. The van der Waals surface area contributed by atoms with Gasteiger partial charge in [0.15, 0.2) is 0 Å². The topological polar surface area (TPSA) is 67.9 Å². The van der Waals surface area contributed by atoms with E-state index in [2.05, 4.69) is 14.4 Å². The van der Waals surface area contributed by atoms with Gasteiger partial charge >= 0.3 is 6.36 Å². The van der Waals surface area contributed by atoms with Gasteiger partial charge in [-0.25, -0.2) is 13.1 Å². The van der Waals surface area contributed by atoms with Gasteiger partial charge in [-0.05, 0) is 61.4 Å². The summed E-state index contributed by atoms with van der Waals surface area (Å²) in [4.78, 5) is 2.05. The lowest BCUT2D eigenvalue weighted by molar-refractivity contribution is -0.274. The zero-order valence-corrected chi connectivity index (χ0v) is 16.5. The number of alkyl halides is 3. The molecule has 0 aromatic heterocycles. The van der Waals surface area contributed by atoms with Crippen LogP contribution in [0.5, 0.6) is 11.5 Å². The van der Waals surface area contributed by atoms with Crippen molar-refractivity contribution in [3.63, 3.8) is 0 Å². The summed E-state index contributed by atoms with van der Waals surface area (Å²) >= 11 is 0. The highest BCUT2D eigenvalue weighted by molar-refractivity contribution is 7.89. The van der Waals surface area contributed by atoms with Crippen molar-refractivity contribution in [2.45, 2.75) is 30.1 Å². The first-order valence-electron chi connectivity index (χ1n) is 8.93. The zero-order chi connectivity index (χ0) is 21.1. The molecule has 1 heterocycles. The van der Waals surface area contributed by atoms with Gasteiger partial charge in [0.05, 0.1) is 12.0 Å². The average Bonchev–Trinajstić information content (AvgIpc) is 2.67. The number of piperidine rings is 1. The molecule has 10 heteroatoms. The Labute approximate surface area is 167 Å². The van der Waals surface area contributed by atoms with Crippen LogP contribution in [0.15, 0.2) is 53.4 Å². The third-order valence-electron chi connectivity index (χ3n) is 4.62. The number of ether oxygens (including phenoxy) is 2. The van der Waals surface area contributed by atoms with Gasteiger partial charge in [-0.15, -0.1) is 13.2 Å². The Kier molecular flexibility index (Phi) is 6.23. The molecular formula is C19H21F3N2O4S. The van der Waals surface area contributed by atoms with E-state index < -0.39 is 22.1 Å². The maximum atomic E-state index is 12.5. The molecule has 0 saturated carbocycles. The first-order valence-corrected chi connectivity index (χ1v) is 10.4. The van der Waals surface area contributed by atoms with E-state index >= 15 is 0 Å². The highest BCUT2D eigenvalue weighted by atomic mass is 32.2. The molecule has 0 spiro atoms. The Hall–Kier alpha value is -2.46. The molecule has 0 radical (unpaired) electrons. The lowest BCUT2D eigenvalue weighted by Crippen LogP contribution is -2.44. The highest BCUT2D eigenvalue weighted by Gasteiger charge is 2.31. The Bertz CT molecular complexity index is 908. The fourth-order valence-electron chi connectivity index (χ4n) is 3.16. The SMILES string of the molecule is COc1ccc(N2CCC(NS(=O)(=O)c3ccc(OC(F)(F)F)cc3)CC2)cc1. The van der Waals surface area contributed by atoms with Gasteiger partial charge < -0.3 is 14.4 Å². The Morgan fingerprint density at radius 2 is 1.52 bits per heavy atom. The average molecular weight is 430 g/mol. The predicted octanol–water partition coefficient (Wildman–Crippen LogP) is 3.54. The zero-order valence-electron chi connectivity index (χ0n) is 15.6. The lowest BCUT2D eigenvalue weighted by atomic mass is 10.1. The number of rotatable bonds is 6. The largest absolute Gasteiger partial charge is 0.573 e. The molecule has 1 fully saturated rings. The van der Waals surface area contributed by atoms with Crippen LogP contribution < -0.4 is 19.1 Å². The van der Waals surface area contributed by atoms with E-state index in [1.165, 1.54) is 0 Å². The number of nitrogens with zero attached hydrogens (tertiary/aromatic N) is 1. The van der Waals surface area contributed by atoms with Gasteiger partial charge in [-0.3, -0.25) is 0 Å². The van der Waals surface area contributed by atoms with Crippen LogP contribution in [0.25, 0.3) is 0 Å². The van der Waals surface area contributed by atoms with Crippen molar-refractivity contribution in [2.75, 3.05) is 25.1 Å². The number of anilines is 1. The van der Waals surface area contributed by atoms with Crippen molar-refractivity contribution in [2.24, 2.45) is 0 Å². The summed E-state index contributed by atoms with van der Waals surface area (Å²) in [6.07, 6.45) is -3.60. The smallest absolute Gasteiger partial charge is 0.497 e. The highest BCUT2D eigenvalue weighted by Crippen LogP contribution is 2.25. The molecule has 29 heavy (non-hydrogen) atoms. The van der Waals surface area contributed by atoms with Crippen molar-refractivity contribution in [3.05, 3.63) is 48.5 Å². The molecule has 2 aromatic carbocycles. The predicted molar refractivity (Wildman–Crippen MR) is 102 cm³/mol. The minimum Gasteiger partial charge on any atom is -0.497 e. The lowest BCUT2D eigenvalue weighted by Gasteiger charge is -2.33. The Morgan fingerprint density at radius 3 is 2.03 bits per heavy atom. The molecule has 158 valence electrons. The molecular weight excluding hydrogens is 409 g/mol. The quantitative estimate of drug-likeness (QED) is 0.759. The van der Waals surface area contributed by atoms with Gasteiger partial charge in [0.1, 0.15) is 11.5 Å². The second-order valence-corrected chi connectivity index (χ2v) is 8.31. The molecule has 2 aromatic rings. The standard InChI is InChI=1S/C19H21F3N2O4S/c1-27-16-4-2-15(3-5-16)24-12-10-14(11-13-24)23-29(25,26)18-8-6-17(7-9-18)28-19(20,21)22/h2-9,14,23H,10-13H2,1H3. The van der Waals surface area contributed by atoms with Crippen molar-refractivity contribution >= 4 is 15.7 Å². The minimum absolute atomic E-state index is 0.107. The molecule has 1 saturated heterocycles. The molecule has 0 amide bonds. The molecule has 0 unspecified atom stereocenters. The van der Waals surface area contributed by atoms with Crippen LogP contribution in [-0.4, -0.2) is 41.0 Å². The summed E-state index contributed by atoms with van der Waals surface area (Å²) < 4.78 is 73.2. The number of nitrogens with one attached hydrogen (secondary N) is 1. The van der Waals surface area contributed by atoms with Crippen LogP contribution in [0.1, 0.15) is 12.8 Å². The fourth-order valence-corrected chi connectivity index (χ4v) is 4.46. The van der Waals surface area contributed by atoms with E-state index in [0.29, 0.717) is 25.9 Å². The van der Waals surface area contributed by atoms with E-state index in [0.717, 1.165) is 35.7 Å². The number of sulfonamides is 1. The van der Waals surface area contributed by atoms with E-state index in [4.69, 9.17) is 4.74 Å². The summed E-state index contributed by atoms with van der Waals surface area (Å²) in [7, 11) is -2.23. The van der Waals surface area contributed by atoms with Crippen LogP contribution in [0, 0.1) is 0 Å². The molecule has 0 aliphatic carbocycles. The van der Waals surface area contributed by atoms with E-state index in [-0.39, 0.29) is 10.9 Å². The summed E-state index contributed by atoms with van der Waals surface area (Å²) in [5.74, 6) is 0.298. The van der Waals surface area contributed by atoms with Gasteiger partial charge in [0.2, 0.25) is 10.0 Å². The molecule has 6 nitrogen and oxygen atoms in total. The maximum Gasteiger partial charge on any atom is 0.573 e. The number of hydrogen-bond acceptors (Lipinski definition) is 5. The summed E-state index contributed by atoms with van der Waals surface area (Å²) in [5, 5.41) is 0. The minimum atomic E-state index is -4.82. The van der Waals surface area contributed by atoms with Crippen LogP contribution in [0.4, 0.5) is 18.9 Å². The van der Waals surface area contributed by atoms with E-state index in [1.807, 2.05) is 24.3 Å². The van der Waals surface area contributed by atoms with Crippen molar-refractivity contribution in [1.82, 2.24) is 4.72 Å². The normalized spacial score (nSPS) is 15.9. The molecule has 0 bridgehead atoms. The second-order valence-electron chi connectivity index (χ2n) is 6.60. The molecule has 1 N–H and O–H groups in total. The maximum absolute atomic E-state index is 12.5. The van der Waals surface area contributed by atoms with Gasteiger partial charge in [-0.1, -0.05) is 0 Å². The van der Waals surface area contributed by atoms with Crippen LogP contribution in [-0.2, 0) is 10.0 Å². The van der Waals surface area contributed by atoms with Crippen molar-refractivity contribution in [1.29, 1.82) is 0 Å². The molecule has 1 aliphatic rings. The first kappa shape index (κ1) is 21.3. The van der Waals surface area contributed by atoms with Crippen LogP contribution in [0.3, 0.4) is 0 Å². The number of methoxy groups -OCH3 is 1. The fraction of sp³-hybridized carbons (Fsp3) is 0.368. The van der Waals surface area contributed by atoms with Gasteiger partial charge in [-0.2, -0.15) is 0 Å². The Balaban J connectivity index is 1.57. The third-order valence-corrected chi connectivity index (χ3v) is 6.16. The summed E-state index contributed by atoms with van der Waals surface area (Å²) in [6, 6.07) is 11.5. The Morgan fingerprint density at radius 1 is 0.966 bits per heavy atom.